The molecule has 0 spiro atoms. The summed E-state index contributed by atoms with van der Waals surface area (Å²) in [4.78, 5) is 10.7. The van der Waals surface area contributed by atoms with Crippen molar-refractivity contribution in [3.05, 3.63) is 28.5 Å². The normalized spacial score (nSPS) is 18.0. The predicted molar refractivity (Wildman–Crippen MR) is 87.3 cm³/mol. The molecule has 0 aliphatic carbocycles. The zero-order valence-electron chi connectivity index (χ0n) is 11.6. The molecule has 7 heteroatoms. The van der Waals surface area contributed by atoms with Crippen LogP contribution in [0.3, 0.4) is 0 Å². The Morgan fingerprint density at radius 3 is 2.95 bits per heavy atom. The Bertz CT molecular complexity index is 731. The van der Waals surface area contributed by atoms with Gasteiger partial charge in [-0.15, -0.1) is 0 Å². The number of nitriles is 1. The van der Waals surface area contributed by atoms with Gasteiger partial charge in [0.2, 0.25) is 0 Å². The molecule has 4 nitrogen and oxygen atoms in total. The van der Waals surface area contributed by atoms with Gasteiger partial charge in [-0.2, -0.15) is 0 Å². The fourth-order valence-electron chi connectivity index (χ4n) is 2.86. The molecule has 3 heterocycles. The zero-order chi connectivity index (χ0) is 15.0. The van der Waals surface area contributed by atoms with E-state index >= 15 is 0 Å². The lowest BCUT2D eigenvalue weighted by Gasteiger charge is -2.26. The van der Waals surface area contributed by atoms with Crippen LogP contribution in [0.2, 0.25) is 22.8 Å². The first kappa shape index (κ1) is 14.4. The van der Waals surface area contributed by atoms with Gasteiger partial charge in [-0.05, 0) is 24.9 Å². The second-order valence-corrected chi connectivity index (χ2v) is 6.19. The van der Waals surface area contributed by atoms with E-state index in [-0.39, 0.29) is 6.71 Å². The van der Waals surface area contributed by atoms with E-state index in [2.05, 4.69) is 20.8 Å². The Morgan fingerprint density at radius 2 is 2.24 bits per heavy atom. The van der Waals surface area contributed by atoms with E-state index in [0.717, 1.165) is 30.1 Å². The summed E-state index contributed by atoms with van der Waals surface area (Å²) >= 11 is 12.1. The third-order valence-corrected chi connectivity index (χ3v) is 4.62. The molecule has 1 saturated heterocycles. The largest absolute Gasteiger partial charge is 0.371 e. The number of pyridine rings is 2. The van der Waals surface area contributed by atoms with Crippen molar-refractivity contribution < 1.29 is 0 Å². The minimum absolute atomic E-state index is 0.162. The van der Waals surface area contributed by atoms with Crippen LogP contribution in [-0.2, 0) is 0 Å². The maximum absolute atomic E-state index is 9.02. The summed E-state index contributed by atoms with van der Waals surface area (Å²) in [5.41, 5.74) is 1.53. The van der Waals surface area contributed by atoms with Gasteiger partial charge in [0, 0.05) is 24.4 Å². The summed E-state index contributed by atoms with van der Waals surface area (Å²) in [6.07, 6.45) is 4.67. The Kier molecular flexibility index (Phi) is 3.92. The van der Waals surface area contributed by atoms with Crippen molar-refractivity contribution in [3.63, 3.8) is 0 Å². The van der Waals surface area contributed by atoms with Crippen molar-refractivity contribution in [2.24, 2.45) is 0 Å². The molecule has 2 aromatic rings. The zero-order valence-corrected chi connectivity index (χ0v) is 13.1. The number of halogens is 2. The molecule has 0 saturated carbocycles. The van der Waals surface area contributed by atoms with Crippen molar-refractivity contribution >= 4 is 46.6 Å². The molecule has 2 aromatic heterocycles. The van der Waals surface area contributed by atoms with Gasteiger partial charge in [0.25, 0.3) is 6.71 Å². The molecule has 1 aliphatic heterocycles. The highest BCUT2D eigenvalue weighted by atomic mass is 35.5. The van der Waals surface area contributed by atoms with E-state index in [9.17, 15) is 0 Å². The van der Waals surface area contributed by atoms with Crippen LogP contribution in [0.15, 0.2) is 18.3 Å². The maximum atomic E-state index is 9.02. The summed E-state index contributed by atoms with van der Waals surface area (Å²) in [5.74, 6) is 2.36. The number of fused-ring (bicyclic) bond motifs is 1. The summed E-state index contributed by atoms with van der Waals surface area (Å²) in [7, 11) is 2.03. The fourth-order valence-corrected chi connectivity index (χ4v) is 3.34. The lowest BCUT2D eigenvalue weighted by atomic mass is 9.50. The Morgan fingerprint density at radius 1 is 1.43 bits per heavy atom. The number of anilines is 1. The number of nitrogens with zero attached hydrogens (tertiary/aromatic N) is 4. The van der Waals surface area contributed by atoms with Crippen molar-refractivity contribution in [3.8, 4) is 5.97 Å². The second-order valence-electron chi connectivity index (χ2n) is 5.40. The van der Waals surface area contributed by atoms with Gasteiger partial charge in [-0.3, -0.25) is 0 Å². The van der Waals surface area contributed by atoms with Gasteiger partial charge in [0.15, 0.2) is 5.65 Å². The number of hydrogen-bond donors (Lipinski definition) is 0. The second kappa shape index (κ2) is 5.71. The van der Waals surface area contributed by atoms with Gasteiger partial charge < -0.3 is 4.90 Å². The Balaban J connectivity index is 1.92. The summed E-state index contributed by atoms with van der Waals surface area (Å²) in [5, 5.41) is 10.7. The molecule has 1 atom stereocenters. The van der Waals surface area contributed by atoms with Crippen LogP contribution in [-0.4, -0.2) is 29.8 Å². The minimum Gasteiger partial charge on any atom is -0.371 e. The van der Waals surface area contributed by atoms with Gasteiger partial charge in [-0.25, -0.2) is 15.2 Å². The molecular weight excluding hydrogens is 306 g/mol. The molecule has 1 fully saturated rings. The van der Waals surface area contributed by atoms with Gasteiger partial charge in [0.1, 0.15) is 5.15 Å². The number of hydrogen-bond acceptors (Lipinski definition) is 4. The van der Waals surface area contributed by atoms with E-state index in [0.29, 0.717) is 21.9 Å². The van der Waals surface area contributed by atoms with E-state index in [1.54, 1.807) is 12.3 Å². The van der Waals surface area contributed by atoms with E-state index in [1.807, 2.05) is 13.1 Å². The molecule has 1 aliphatic rings. The molecule has 0 N–H and O–H groups in total. The Labute approximate surface area is 133 Å². The van der Waals surface area contributed by atoms with E-state index in [4.69, 9.17) is 28.5 Å². The van der Waals surface area contributed by atoms with Crippen molar-refractivity contribution in [2.45, 2.75) is 25.1 Å². The highest BCUT2D eigenvalue weighted by Crippen LogP contribution is 2.31. The molecule has 0 amide bonds. The van der Waals surface area contributed by atoms with E-state index in [1.165, 1.54) is 0 Å². The highest BCUT2D eigenvalue weighted by Gasteiger charge is 2.31. The quantitative estimate of drug-likeness (QED) is 0.625. The Hall–Kier alpha value is -1.51. The fraction of sp³-hybridized carbons (Fsp3) is 0.357. The third kappa shape index (κ3) is 2.79. The van der Waals surface area contributed by atoms with Crippen LogP contribution in [0, 0.1) is 11.2 Å². The maximum Gasteiger partial charge on any atom is 0.269 e. The first-order valence-electron chi connectivity index (χ1n) is 6.82. The molecule has 21 heavy (non-hydrogen) atoms. The van der Waals surface area contributed by atoms with Crippen LogP contribution in [0.4, 0.5) is 5.69 Å². The molecule has 106 valence electrons. The average molecular weight is 319 g/mol. The molecule has 0 radical (unpaired) electrons. The molecule has 0 bridgehead atoms. The summed E-state index contributed by atoms with van der Waals surface area (Å²) in [6, 6.07) is 3.97. The first-order chi connectivity index (χ1) is 10.1. The van der Waals surface area contributed by atoms with Crippen molar-refractivity contribution in [1.82, 2.24) is 9.97 Å². The standard InChI is InChI=1S/C14H13BCl2N4/c1-21(9-2-3-15(6-9)8-18)10-4-11-12(16)5-13(17)20-14(11)19-7-10/h4-5,7,9H,2-3,6H2,1H3. The summed E-state index contributed by atoms with van der Waals surface area (Å²) in [6.45, 7) is 0.162. The van der Waals surface area contributed by atoms with Crippen molar-refractivity contribution in [1.29, 1.82) is 5.26 Å². The smallest absolute Gasteiger partial charge is 0.269 e. The van der Waals surface area contributed by atoms with Crippen molar-refractivity contribution in [2.75, 3.05) is 11.9 Å². The van der Waals surface area contributed by atoms with Gasteiger partial charge in [-0.1, -0.05) is 29.5 Å². The van der Waals surface area contributed by atoms with Gasteiger partial charge >= 0.3 is 0 Å². The average Bonchev–Trinajstić information content (AvgIpc) is 2.95. The molecule has 1 unspecified atom stereocenters. The third-order valence-electron chi connectivity index (χ3n) is 4.11. The van der Waals surface area contributed by atoms with Crippen LogP contribution >= 0.6 is 23.2 Å². The highest BCUT2D eigenvalue weighted by molar-refractivity contribution is 6.67. The van der Waals surface area contributed by atoms with Crippen LogP contribution in [0.1, 0.15) is 6.42 Å². The SMILES string of the molecule is CN(c1cnc2nc(Cl)cc(Cl)c2c1)C1CCB(C#N)C1. The predicted octanol–water partition coefficient (Wildman–Crippen LogP) is 3.70. The molecule has 3 rings (SSSR count). The monoisotopic (exact) mass is 318 g/mol. The first-order valence-corrected chi connectivity index (χ1v) is 7.58. The molecular formula is C14H13BCl2N4. The molecule has 0 aromatic carbocycles. The van der Waals surface area contributed by atoms with Crippen LogP contribution in [0.25, 0.3) is 11.0 Å². The van der Waals surface area contributed by atoms with Gasteiger partial charge in [0.05, 0.1) is 16.9 Å². The number of rotatable bonds is 2. The summed E-state index contributed by atoms with van der Waals surface area (Å²) < 4.78 is 0. The topological polar surface area (TPSA) is 52.8 Å². The van der Waals surface area contributed by atoms with Crippen LogP contribution in [0.5, 0.6) is 0 Å². The number of aromatic nitrogens is 2. The van der Waals surface area contributed by atoms with Crippen LogP contribution < -0.4 is 4.90 Å². The minimum atomic E-state index is 0.162. The van der Waals surface area contributed by atoms with E-state index < -0.39 is 0 Å². The lowest BCUT2D eigenvalue weighted by Crippen LogP contribution is -2.29. The lowest BCUT2D eigenvalue weighted by molar-refractivity contribution is 0.690.